The normalized spacial score (nSPS) is 21.4. The van der Waals surface area contributed by atoms with Crippen LogP contribution < -0.4 is 10.6 Å². The summed E-state index contributed by atoms with van der Waals surface area (Å²) in [6.45, 7) is 11.2. The summed E-state index contributed by atoms with van der Waals surface area (Å²) in [6, 6.07) is 15.8. The Morgan fingerprint density at radius 3 is 2.49 bits per heavy atom. The molecule has 2 heterocycles. The van der Waals surface area contributed by atoms with Gasteiger partial charge in [0.1, 0.15) is 0 Å². The number of nitrogens with zero attached hydrogens (tertiary/aromatic N) is 1. The minimum atomic E-state index is -3.59. The molecular weight excluding hydrogens is 486 g/mol. The van der Waals surface area contributed by atoms with Crippen LogP contribution in [0.2, 0.25) is 0 Å². The minimum Gasteiger partial charge on any atom is -0.392 e. The number of hydrogen-bond donors (Lipinski definition) is 3. The molecule has 2 aromatic rings. The van der Waals surface area contributed by atoms with Crippen molar-refractivity contribution in [2.75, 3.05) is 26.2 Å². The van der Waals surface area contributed by atoms with E-state index in [0.29, 0.717) is 44.0 Å². The molecule has 2 atom stereocenters. The van der Waals surface area contributed by atoms with Crippen molar-refractivity contribution in [1.82, 2.24) is 14.9 Å². The van der Waals surface area contributed by atoms with Gasteiger partial charge in [-0.2, -0.15) is 4.31 Å². The lowest BCUT2D eigenvalue weighted by molar-refractivity contribution is -0.0312. The predicted octanol–water partition coefficient (Wildman–Crippen LogP) is 3.91. The molecule has 2 fully saturated rings. The number of benzene rings is 2. The second kappa shape index (κ2) is 11.5. The van der Waals surface area contributed by atoms with E-state index in [4.69, 9.17) is 4.74 Å². The molecule has 0 aromatic heterocycles. The number of aliphatic hydroxyl groups excluding tert-OH is 1. The van der Waals surface area contributed by atoms with Gasteiger partial charge in [0.15, 0.2) is 0 Å². The van der Waals surface area contributed by atoms with Gasteiger partial charge in [0.25, 0.3) is 0 Å². The van der Waals surface area contributed by atoms with Crippen molar-refractivity contribution in [3.05, 3.63) is 54.1 Å². The molecule has 2 aromatic carbocycles. The maximum absolute atomic E-state index is 13.5. The van der Waals surface area contributed by atoms with Crippen LogP contribution in [0.3, 0.4) is 0 Å². The van der Waals surface area contributed by atoms with Crippen LogP contribution in [0, 0.1) is 0 Å². The zero-order chi connectivity index (χ0) is 26.7. The molecule has 2 aliphatic heterocycles. The summed E-state index contributed by atoms with van der Waals surface area (Å²) in [5, 5.41) is 16.5. The van der Waals surface area contributed by atoms with Crippen molar-refractivity contribution in [2.24, 2.45) is 0 Å². The topological polar surface area (TPSA) is 90.9 Å². The summed E-state index contributed by atoms with van der Waals surface area (Å²) in [7, 11) is -3.59. The lowest BCUT2D eigenvalue weighted by atomic mass is 9.88. The quantitative estimate of drug-likeness (QED) is 0.432. The fourth-order valence-electron chi connectivity index (χ4n) is 5.06. The van der Waals surface area contributed by atoms with E-state index in [1.807, 2.05) is 12.1 Å². The van der Waals surface area contributed by atoms with Crippen molar-refractivity contribution in [2.45, 2.75) is 88.1 Å². The third-order valence-electron chi connectivity index (χ3n) is 7.96. The number of hydrogen-bond acceptors (Lipinski definition) is 6. The molecule has 0 amide bonds. The fraction of sp³-hybridized carbons (Fsp3) is 0.586. The summed E-state index contributed by atoms with van der Waals surface area (Å²) < 4.78 is 34.8. The first kappa shape index (κ1) is 28.2. The van der Waals surface area contributed by atoms with Crippen molar-refractivity contribution >= 4 is 10.0 Å². The van der Waals surface area contributed by atoms with Gasteiger partial charge in [-0.3, -0.25) is 0 Å². The minimum absolute atomic E-state index is 0.0938. The lowest BCUT2D eigenvalue weighted by Crippen LogP contribution is -2.47. The van der Waals surface area contributed by atoms with E-state index in [1.54, 1.807) is 23.4 Å². The first-order valence-corrected chi connectivity index (χ1v) is 15.0. The van der Waals surface area contributed by atoms with E-state index >= 15 is 0 Å². The van der Waals surface area contributed by atoms with Crippen molar-refractivity contribution in [1.29, 1.82) is 0 Å². The van der Waals surface area contributed by atoms with Gasteiger partial charge in [-0.1, -0.05) is 43.3 Å². The average molecular weight is 530 g/mol. The van der Waals surface area contributed by atoms with Crippen LogP contribution >= 0.6 is 0 Å². The first-order chi connectivity index (χ1) is 17.5. The molecule has 2 saturated heterocycles. The predicted molar refractivity (Wildman–Crippen MR) is 148 cm³/mol. The Bertz CT molecular complexity index is 1140. The summed E-state index contributed by atoms with van der Waals surface area (Å²) in [5.41, 5.74) is 2.93. The Morgan fingerprint density at radius 1 is 1.14 bits per heavy atom. The molecule has 7 nitrogen and oxygen atoms in total. The SMILES string of the molecule is CCC(C)(C)NCc1ccc(-c2cccc(S(=O)(=O)N3CCC4(CC3)C[C@H](NCC(C)O)CO4)c2)cc1. The number of nitrogens with one attached hydrogen (secondary N) is 2. The Hall–Kier alpha value is -1.81. The van der Waals surface area contributed by atoms with Gasteiger partial charge < -0.3 is 20.5 Å². The maximum Gasteiger partial charge on any atom is 0.243 e. The molecule has 0 radical (unpaired) electrons. The van der Waals surface area contributed by atoms with Gasteiger partial charge in [-0.15, -0.1) is 0 Å². The molecule has 2 aliphatic rings. The zero-order valence-electron chi connectivity index (χ0n) is 22.7. The molecule has 0 aliphatic carbocycles. The van der Waals surface area contributed by atoms with Gasteiger partial charge >= 0.3 is 0 Å². The van der Waals surface area contributed by atoms with Crippen LogP contribution in [0.4, 0.5) is 0 Å². The molecule has 4 rings (SSSR count). The fourth-order valence-corrected chi connectivity index (χ4v) is 6.55. The van der Waals surface area contributed by atoms with Crippen molar-refractivity contribution < 1.29 is 18.3 Å². The second-order valence-electron chi connectivity index (χ2n) is 11.4. The van der Waals surface area contributed by atoms with E-state index in [0.717, 1.165) is 30.5 Å². The van der Waals surface area contributed by atoms with Crippen LogP contribution in [0.25, 0.3) is 11.1 Å². The molecule has 204 valence electrons. The average Bonchev–Trinajstić information content (AvgIpc) is 3.29. The van der Waals surface area contributed by atoms with Gasteiger partial charge in [0.05, 0.1) is 23.2 Å². The highest BCUT2D eigenvalue weighted by Gasteiger charge is 2.44. The third-order valence-corrected chi connectivity index (χ3v) is 9.85. The lowest BCUT2D eigenvalue weighted by Gasteiger charge is -2.38. The molecular formula is C29H43N3O4S. The summed E-state index contributed by atoms with van der Waals surface area (Å²) in [6.07, 6.45) is 2.88. The molecule has 3 N–H and O–H groups in total. The summed E-state index contributed by atoms with van der Waals surface area (Å²) >= 11 is 0. The monoisotopic (exact) mass is 529 g/mol. The van der Waals surface area contributed by atoms with Gasteiger partial charge in [0, 0.05) is 37.8 Å². The van der Waals surface area contributed by atoms with Gasteiger partial charge in [-0.25, -0.2) is 8.42 Å². The van der Waals surface area contributed by atoms with Crippen LogP contribution in [-0.4, -0.2) is 67.4 Å². The van der Waals surface area contributed by atoms with Crippen LogP contribution in [-0.2, 0) is 21.3 Å². The standard InChI is InChI=1S/C29H43N3O4S/c1-5-28(3,4)31-20-23-9-11-24(12-10-23)25-7-6-8-27(17-25)37(34,35)32-15-13-29(14-16-32)18-26(21-36-29)30-19-22(2)33/h6-12,17,22,26,30-31,33H,5,13-16,18-21H2,1-4H3/t22?,26-/m0/s1. The van der Waals surface area contributed by atoms with Crippen LogP contribution in [0.5, 0.6) is 0 Å². The molecule has 1 unspecified atom stereocenters. The Labute approximate surface area is 222 Å². The van der Waals surface area contributed by atoms with Crippen LogP contribution in [0.1, 0.15) is 58.9 Å². The Morgan fingerprint density at radius 2 is 1.84 bits per heavy atom. The molecule has 8 heteroatoms. The number of piperidine rings is 1. The van der Waals surface area contributed by atoms with E-state index in [-0.39, 0.29) is 17.2 Å². The number of rotatable bonds is 10. The Balaban J connectivity index is 1.39. The van der Waals surface area contributed by atoms with E-state index < -0.39 is 16.1 Å². The third kappa shape index (κ3) is 6.99. The van der Waals surface area contributed by atoms with Crippen molar-refractivity contribution in [3.8, 4) is 11.1 Å². The van der Waals surface area contributed by atoms with E-state index in [2.05, 4.69) is 55.7 Å². The summed E-state index contributed by atoms with van der Waals surface area (Å²) in [4.78, 5) is 0.334. The molecule has 37 heavy (non-hydrogen) atoms. The number of sulfonamides is 1. The van der Waals surface area contributed by atoms with Crippen molar-refractivity contribution in [3.63, 3.8) is 0 Å². The number of ether oxygens (including phenoxy) is 1. The summed E-state index contributed by atoms with van der Waals surface area (Å²) in [5.74, 6) is 0. The number of aliphatic hydroxyl groups is 1. The zero-order valence-corrected chi connectivity index (χ0v) is 23.5. The highest BCUT2D eigenvalue weighted by Crippen LogP contribution is 2.37. The van der Waals surface area contributed by atoms with Crippen LogP contribution in [0.15, 0.2) is 53.4 Å². The highest BCUT2D eigenvalue weighted by atomic mass is 32.2. The molecule has 0 bridgehead atoms. The van der Waals surface area contributed by atoms with E-state index in [1.165, 1.54) is 5.56 Å². The van der Waals surface area contributed by atoms with E-state index in [9.17, 15) is 13.5 Å². The smallest absolute Gasteiger partial charge is 0.243 e. The molecule has 1 spiro atoms. The largest absolute Gasteiger partial charge is 0.392 e. The maximum atomic E-state index is 13.5. The Kier molecular flexibility index (Phi) is 8.78. The second-order valence-corrected chi connectivity index (χ2v) is 13.3. The van der Waals surface area contributed by atoms with Gasteiger partial charge in [-0.05, 0) is 75.3 Å². The molecule has 0 saturated carbocycles. The van der Waals surface area contributed by atoms with Gasteiger partial charge in [0.2, 0.25) is 10.0 Å². The highest BCUT2D eigenvalue weighted by molar-refractivity contribution is 7.89. The first-order valence-electron chi connectivity index (χ1n) is 13.5.